The number of benzene rings is 1. The average Bonchev–Trinajstić information content (AvgIpc) is 2.63. The van der Waals surface area contributed by atoms with Gasteiger partial charge in [0, 0.05) is 10.8 Å². The van der Waals surface area contributed by atoms with Crippen molar-refractivity contribution in [3.8, 4) is 0 Å². The van der Waals surface area contributed by atoms with Crippen LogP contribution in [0.1, 0.15) is 64.5 Å². The molecule has 0 aliphatic rings. The Morgan fingerprint density at radius 1 is 0.786 bits per heavy atom. The highest BCUT2D eigenvalue weighted by molar-refractivity contribution is 6.27. The molecule has 0 unspecified atom stereocenters. The normalized spacial score (nSPS) is 11.3. The van der Waals surface area contributed by atoms with Gasteiger partial charge in [0.05, 0.1) is 0 Å². The maximum absolute atomic E-state index is 11.9. The Hall–Kier alpha value is -2.68. The van der Waals surface area contributed by atoms with Gasteiger partial charge in [-0.3, -0.25) is 9.59 Å². The molecule has 0 N–H and O–H groups in total. The molecule has 1 aromatic rings. The van der Waals surface area contributed by atoms with Crippen LogP contribution >= 0.6 is 0 Å². The molecule has 28 heavy (non-hydrogen) atoms. The number of Topliss-reactive ketones (excluding diaryl/α,β-unsaturated/α-hetero) is 2. The van der Waals surface area contributed by atoms with Crippen molar-refractivity contribution in [1.29, 1.82) is 0 Å². The molecular formula is C22H30N4O2. The van der Waals surface area contributed by atoms with Crippen molar-refractivity contribution in [2.45, 2.75) is 66.2 Å². The number of carbonyl (C=O) groups excluding carboxylic acids is 2. The lowest BCUT2D eigenvalue weighted by Gasteiger charge is -2.19. The first kappa shape index (κ1) is 23.4. The second-order valence-electron chi connectivity index (χ2n) is 8.51. The van der Waals surface area contributed by atoms with Gasteiger partial charge in [0.2, 0.25) is 11.6 Å². The van der Waals surface area contributed by atoms with Crippen LogP contribution in [0.3, 0.4) is 0 Å². The minimum atomic E-state index is -0.531. The molecule has 0 heterocycles. The summed E-state index contributed by atoms with van der Waals surface area (Å²) in [6.07, 6.45) is 6.91. The number of aryl methyl sites for hydroxylation is 2. The lowest BCUT2D eigenvalue weighted by atomic mass is 9.82. The van der Waals surface area contributed by atoms with Gasteiger partial charge < -0.3 is 11.1 Å². The zero-order valence-electron chi connectivity index (χ0n) is 17.3. The Balaban J connectivity index is 2.47. The highest BCUT2D eigenvalue weighted by Gasteiger charge is 2.29. The SMILES string of the molecule is CC(C)(CCCc1ccc(CCCC(C)(C)C(=O)C=[N+]=[N-])cc1)C(=O)C=[N+]=[N-]. The Morgan fingerprint density at radius 2 is 1.11 bits per heavy atom. The van der Waals surface area contributed by atoms with E-state index in [1.807, 2.05) is 27.7 Å². The number of rotatable bonds is 12. The molecule has 0 aromatic heterocycles. The van der Waals surface area contributed by atoms with Crippen LogP contribution in [0.25, 0.3) is 11.1 Å². The molecule has 0 fully saturated rings. The highest BCUT2D eigenvalue weighted by Crippen LogP contribution is 2.25. The van der Waals surface area contributed by atoms with E-state index >= 15 is 0 Å². The van der Waals surface area contributed by atoms with Gasteiger partial charge >= 0.3 is 12.4 Å². The van der Waals surface area contributed by atoms with Crippen LogP contribution in [0.2, 0.25) is 0 Å². The molecule has 0 saturated carbocycles. The van der Waals surface area contributed by atoms with Gasteiger partial charge in [-0.2, -0.15) is 9.58 Å². The molecule has 0 spiro atoms. The Kier molecular flexibility index (Phi) is 8.84. The largest absolute Gasteiger partial charge is 0.361 e. The smallest absolute Gasteiger partial charge is 0.323 e. The van der Waals surface area contributed by atoms with Crippen LogP contribution < -0.4 is 0 Å². The fraction of sp³-hybridized carbons (Fsp3) is 0.545. The lowest BCUT2D eigenvalue weighted by molar-refractivity contribution is -0.124. The predicted molar refractivity (Wildman–Crippen MR) is 109 cm³/mol. The van der Waals surface area contributed by atoms with Crippen LogP contribution in [-0.2, 0) is 22.4 Å². The summed E-state index contributed by atoms with van der Waals surface area (Å²) in [5.74, 6) is -0.339. The van der Waals surface area contributed by atoms with Gasteiger partial charge in [0.15, 0.2) is 0 Å². The van der Waals surface area contributed by atoms with Crippen LogP contribution in [0.5, 0.6) is 0 Å². The van der Waals surface area contributed by atoms with Crippen LogP contribution in [0.4, 0.5) is 0 Å². The Bertz CT molecular complexity index is 714. The summed E-state index contributed by atoms with van der Waals surface area (Å²) in [7, 11) is 0. The summed E-state index contributed by atoms with van der Waals surface area (Å²) in [6.45, 7) is 7.44. The molecule has 0 bridgehead atoms. The van der Waals surface area contributed by atoms with E-state index in [-0.39, 0.29) is 11.6 Å². The van der Waals surface area contributed by atoms with Gasteiger partial charge in [-0.15, -0.1) is 0 Å². The van der Waals surface area contributed by atoms with Crippen molar-refractivity contribution in [3.05, 3.63) is 46.5 Å². The summed E-state index contributed by atoms with van der Waals surface area (Å²) in [6, 6.07) is 8.42. The van der Waals surface area contributed by atoms with Crippen molar-refractivity contribution in [2.24, 2.45) is 10.8 Å². The molecular weight excluding hydrogens is 352 g/mol. The van der Waals surface area contributed by atoms with E-state index in [0.29, 0.717) is 0 Å². The third-order valence-corrected chi connectivity index (χ3v) is 5.24. The van der Waals surface area contributed by atoms with E-state index in [1.165, 1.54) is 11.1 Å². The van der Waals surface area contributed by atoms with Gasteiger partial charge in [0.25, 0.3) is 0 Å². The monoisotopic (exact) mass is 382 g/mol. The third kappa shape index (κ3) is 7.51. The quantitative estimate of drug-likeness (QED) is 0.308. The standard InChI is InChI=1S/C22H30N4O2/c1-21(2,19(27)15-25-23)13-5-7-17-9-11-18(12-10-17)8-6-14-22(3,4)20(28)16-26-24/h9-12,15-16H,5-8,13-14H2,1-4H3. The summed E-state index contributed by atoms with van der Waals surface area (Å²) in [5, 5.41) is 0. The summed E-state index contributed by atoms with van der Waals surface area (Å²) in [4.78, 5) is 29.4. The molecule has 1 rings (SSSR count). The molecule has 0 atom stereocenters. The van der Waals surface area contributed by atoms with Crippen LogP contribution in [-0.4, -0.2) is 33.6 Å². The van der Waals surface area contributed by atoms with E-state index in [1.54, 1.807) is 0 Å². The van der Waals surface area contributed by atoms with Gasteiger partial charge in [-0.05, 0) is 49.7 Å². The Morgan fingerprint density at radius 3 is 1.39 bits per heavy atom. The first-order valence-electron chi connectivity index (χ1n) is 9.64. The first-order valence-corrected chi connectivity index (χ1v) is 9.64. The zero-order chi connectivity index (χ0) is 21.2. The number of nitrogens with zero attached hydrogens (tertiary/aromatic N) is 4. The topological polar surface area (TPSA) is 107 Å². The summed E-state index contributed by atoms with van der Waals surface area (Å²) in [5.41, 5.74) is 18.4. The van der Waals surface area contributed by atoms with Gasteiger partial charge in [-0.25, -0.2) is 0 Å². The number of hydrogen-bond acceptors (Lipinski definition) is 2. The van der Waals surface area contributed by atoms with Crippen LogP contribution in [0, 0.1) is 10.8 Å². The number of carbonyl (C=O) groups is 2. The molecule has 0 radical (unpaired) electrons. The maximum Gasteiger partial charge on any atom is 0.323 e. The second-order valence-corrected chi connectivity index (χ2v) is 8.51. The minimum Gasteiger partial charge on any atom is -0.361 e. The van der Waals surface area contributed by atoms with E-state index < -0.39 is 10.8 Å². The maximum atomic E-state index is 11.9. The van der Waals surface area contributed by atoms with Crippen molar-refractivity contribution < 1.29 is 19.2 Å². The fourth-order valence-electron chi connectivity index (χ4n) is 3.04. The highest BCUT2D eigenvalue weighted by atomic mass is 16.1. The fourth-order valence-corrected chi connectivity index (χ4v) is 3.04. The van der Waals surface area contributed by atoms with Crippen LogP contribution in [0.15, 0.2) is 24.3 Å². The average molecular weight is 383 g/mol. The van der Waals surface area contributed by atoms with Gasteiger partial charge in [0.1, 0.15) is 0 Å². The van der Waals surface area contributed by atoms with Crippen molar-refractivity contribution >= 4 is 24.0 Å². The summed E-state index contributed by atoms with van der Waals surface area (Å²) >= 11 is 0. The number of ketones is 2. The third-order valence-electron chi connectivity index (χ3n) is 5.24. The molecule has 0 saturated heterocycles. The Labute approximate surface area is 167 Å². The molecule has 6 nitrogen and oxygen atoms in total. The van der Waals surface area contributed by atoms with E-state index in [0.717, 1.165) is 51.0 Å². The zero-order valence-corrected chi connectivity index (χ0v) is 17.3. The molecule has 150 valence electrons. The molecule has 0 aliphatic heterocycles. The van der Waals surface area contributed by atoms with Crippen molar-refractivity contribution in [2.75, 3.05) is 0 Å². The molecule has 1 aromatic carbocycles. The minimum absolute atomic E-state index is 0.169. The number of hydrogen-bond donors (Lipinski definition) is 0. The molecule has 6 heteroatoms. The molecule has 0 amide bonds. The van der Waals surface area contributed by atoms with Crippen molar-refractivity contribution in [1.82, 2.24) is 0 Å². The lowest BCUT2D eigenvalue weighted by Crippen LogP contribution is -2.25. The van der Waals surface area contributed by atoms with E-state index in [2.05, 4.69) is 33.8 Å². The summed E-state index contributed by atoms with van der Waals surface area (Å²) < 4.78 is 0. The second kappa shape index (κ2) is 10.6. The van der Waals surface area contributed by atoms with Gasteiger partial charge in [-0.1, -0.05) is 52.0 Å². The first-order chi connectivity index (χ1) is 13.1. The van der Waals surface area contributed by atoms with E-state index in [9.17, 15) is 9.59 Å². The van der Waals surface area contributed by atoms with Crippen molar-refractivity contribution in [3.63, 3.8) is 0 Å². The molecule has 0 aliphatic carbocycles. The van der Waals surface area contributed by atoms with E-state index in [4.69, 9.17) is 11.1 Å². The predicted octanol–water partition coefficient (Wildman–Crippen LogP) is 4.12.